The van der Waals surface area contributed by atoms with Crippen molar-refractivity contribution in [1.82, 2.24) is 10.2 Å². The van der Waals surface area contributed by atoms with Crippen molar-refractivity contribution in [2.24, 2.45) is 11.8 Å². The quantitative estimate of drug-likeness (QED) is 0.726. The van der Waals surface area contributed by atoms with Gasteiger partial charge in [-0.05, 0) is 31.8 Å². The number of rotatable bonds is 5. The van der Waals surface area contributed by atoms with Crippen molar-refractivity contribution in [1.29, 1.82) is 0 Å². The topological polar surface area (TPSA) is 15.3 Å². The van der Waals surface area contributed by atoms with E-state index in [-0.39, 0.29) is 0 Å². The molecule has 1 fully saturated rings. The highest BCUT2D eigenvalue weighted by molar-refractivity contribution is 4.80. The molecule has 0 aliphatic carbocycles. The van der Waals surface area contributed by atoms with Crippen LogP contribution in [0.15, 0.2) is 0 Å². The van der Waals surface area contributed by atoms with Crippen LogP contribution in [0.25, 0.3) is 0 Å². The van der Waals surface area contributed by atoms with Crippen molar-refractivity contribution >= 4 is 0 Å². The third-order valence-corrected chi connectivity index (χ3v) is 3.66. The first-order valence-electron chi connectivity index (χ1n) is 6.07. The summed E-state index contributed by atoms with van der Waals surface area (Å²) in [7, 11) is 2.09. The van der Waals surface area contributed by atoms with Crippen molar-refractivity contribution in [2.45, 2.75) is 39.7 Å². The summed E-state index contributed by atoms with van der Waals surface area (Å²) in [5.41, 5.74) is 0. The number of hydrogen-bond donors (Lipinski definition) is 1. The first-order valence-corrected chi connectivity index (χ1v) is 6.07. The number of nitrogens with zero attached hydrogens (tertiary/aromatic N) is 1. The molecular weight excluding hydrogens is 172 g/mol. The first kappa shape index (κ1) is 12.0. The third kappa shape index (κ3) is 3.25. The molecule has 0 radical (unpaired) electrons. The summed E-state index contributed by atoms with van der Waals surface area (Å²) in [6.45, 7) is 10.8. The van der Waals surface area contributed by atoms with Gasteiger partial charge in [-0.15, -0.1) is 0 Å². The van der Waals surface area contributed by atoms with Gasteiger partial charge in [0.1, 0.15) is 0 Å². The van der Waals surface area contributed by atoms with Crippen molar-refractivity contribution in [3.05, 3.63) is 0 Å². The second-order valence-corrected chi connectivity index (χ2v) is 4.93. The molecule has 0 spiro atoms. The fourth-order valence-corrected chi connectivity index (χ4v) is 2.31. The lowest BCUT2D eigenvalue weighted by Crippen LogP contribution is -2.42. The Morgan fingerprint density at radius 3 is 2.64 bits per heavy atom. The van der Waals surface area contributed by atoms with Crippen LogP contribution in [0.2, 0.25) is 0 Å². The maximum absolute atomic E-state index is 3.45. The van der Waals surface area contributed by atoms with E-state index in [9.17, 15) is 0 Å². The second kappa shape index (κ2) is 5.72. The lowest BCUT2D eigenvalue weighted by molar-refractivity contribution is 0.247. The van der Waals surface area contributed by atoms with Crippen molar-refractivity contribution in [2.75, 3.05) is 26.7 Å². The maximum Gasteiger partial charge on any atom is 0.0217 e. The highest BCUT2D eigenvalue weighted by Crippen LogP contribution is 2.17. The van der Waals surface area contributed by atoms with Crippen LogP contribution in [0.4, 0.5) is 0 Å². The summed E-state index contributed by atoms with van der Waals surface area (Å²) >= 11 is 0. The van der Waals surface area contributed by atoms with E-state index in [4.69, 9.17) is 0 Å². The molecule has 1 saturated heterocycles. The molecular formula is C12H26N2. The van der Waals surface area contributed by atoms with Crippen LogP contribution in [0, 0.1) is 11.8 Å². The van der Waals surface area contributed by atoms with E-state index in [0.717, 1.165) is 11.8 Å². The van der Waals surface area contributed by atoms with Gasteiger partial charge in [0.2, 0.25) is 0 Å². The molecule has 14 heavy (non-hydrogen) atoms. The molecule has 2 nitrogen and oxygen atoms in total. The average molecular weight is 198 g/mol. The van der Waals surface area contributed by atoms with E-state index < -0.39 is 0 Å². The molecule has 0 saturated carbocycles. The van der Waals surface area contributed by atoms with Crippen molar-refractivity contribution in [3.63, 3.8) is 0 Å². The third-order valence-electron chi connectivity index (χ3n) is 3.66. The lowest BCUT2D eigenvalue weighted by Gasteiger charge is -2.27. The van der Waals surface area contributed by atoms with E-state index in [0.29, 0.717) is 6.04 Å². The van der Waals surface area contributed by atoms with Crippen LogP contribution >= 0.6 is 0 Å². The van der Waals surface area contributed by atoms with Gasteiger partial charge in [-0.1, -0.05) is 27.2 Å². The molecule has 3 unspecified atom stereocenters. The predicted molar refractivity (Wildman–Crippen MR) is 62.5 cm³/mol. The average Bonchev–Trinajstić information content (AvgIpc) is 2.59. The van der Waals surface area contributed by atoms with Crippen LogP contribution in [0.5, 0.6) is 0 Å². The molecule has 1 aliphatic heterocycles. The van der Waals surface area contributed by atoms with Gasteiger partial charge in [0, 0.05) is 19.1 Å². The summed E-state index contributed by atoms with van der Waals surface area (Å²) in [5.74, 6) is 1.69. The van der Waals surface area contributed by atoms with Crippen molar-refractivity contribution < 1.29 is 0 Å². The zero-order valence-electron chi connectivity index (χ0n) is 10.2. The summed E-state index contributed by atoms with van der Waals surface area (Å²) in [5, 5.41) is 3.45. The van der Waals surface area contributed by atoms with E-state index in [1.165, 1.54) is 32.5 Å². The summed E-state index contributed by atoms with van der Waals surface area (Å²) < 4.78 is 0. The van der Waals surface area contributed by atoms with Crippen LogP contribution in [-0.2, 0) is 0 Å². The predicted octanol–water partition coefficient (Wildman–Crippen LogP) is 1.96. The van der Waals surface area contributed by atoms with Gasteiger partial charge in [0.25, 0.3) is 0 Å². The Labute approximate surface area is 89.1 Å². The molecule has 1 heterocycles. The Hall–Kier alpha value is -0.0800. The fraction of sp³-hybridized carbons (Fsp3) is 1.00. The van der Waals surface area contributed by atoms with Gasteiger partial charge in [0.15, 0.2) is 0 Å². The highest BCUT2D eigenvalue weighted by Gasteiger charge is 2.23. The Balaban J connectivity index is 2.33. The van der Waals surface area contributed by atoms with Gasteiger partial charge in [0.05, 0.1) is 0 Å². The maximum atomic E-state index is 3.45. The van der Waals surface area contributed by atoms with Crippen LogP contribution in [0.1, 0.15) is 33.6 Å². The SMILES string of the molecule is CCC(C)C(CN1CCC(C)C1)NC. The molecule has 2 heteroatoms. The number of likely N-dealkylation sites (tertiary alicyclic amines) is 1. The largest absolute Gasteiger partial charge is 0.315 e. The molecule has 0 aromatic heterocycles. The number of nitrogens with one attached hydrogen (secondary N) is 1. The molecule has 3 atom stereocenters. The molecule has 1 N–H and O–H groups in total. The van der Waals surface area contributed by atoms with Gasteiger partial charge in [-0.2, -0.15) is 0 Å². The number of likely N-dealkylation sites (N-methyl/N-ethyl adjacent to an activating group) is 1. The molecule has 84 valence electrons. The Morgan fingerprint density at radius 2 is 2.21 bits per heavy atom. The first-order chi connectivity index (χ1) is 6.67. The van der Waals surface area contributed by atoms with E-state index in [1.807, 2.05) is 0 Å². The Bertz CT molecular complexity index is 158. The smallest absolute Gasteiger partial charge is 0.0217 e. The van der Waals surface area contributed by atoms with Crippen molar-refractivity contribution in [3.8, 4) is 0 Å². The Kier molecular flexibility index (Phi) is 4.90. The van der Waals surface area contributed by atoms with E-state index in [1.54, 1.807) is 0 Å². The highest BCUT2D eigenvalue weighted by atomic mass is 15.2. The minimum atomic E-state index is 0.672. The van der Waals surface area contributed by atoms with Gasteiger partial charge in [-0.3, -0.25) is 0 Å². The zero-order valence-corrected chi connectivity index (χ0v) is 10.2. The molecule has 1 rings (SSSR count). The Morgan fingerprint density at radius 1 is 1.50 bits per heavy atom. The molecule has 0 bridgehead atoms. The summed E-state index contributed by atoms with van der Waals surface area (Å²) in [6.07, 6.45) is 2.66. The van der Waals surface area contributed by atoms with Gasteiger partial charge in [-0.25, -0.2) is 0 Å². The van der Waals surface area contributed by atoms with E-state index >= 15 is 0 Å². The molecule has 0 aromatic carbocycles. The minimum absolute atomic E-state index is 0.672. The van der Waals surface area contributed by atoms with Crippen LogP contribution in [-0.4, -0.2) is 37.6 Å². The zero-order chi connectivity index (χ0) is 10.6. The van der Waals surface area contributed by atoms with Crippen LogP contribution < -0.4 is 5.32 Å². The summed E-state index contributed by atoms with van der Waals surface area (Å²) in [4.78, 5) is 2.61. The molecule has 1 aliphatic rings. The van der Waals surface area contributed by atoms with Gasteiger partial charge < -0.3 is 10.2 Å². The van der Waals surface area contributed by atoms with Gasteiger partial charge >= 0.3 is 0 Å². The lowest BCUT2D eigenvalue weighted by atomic mass is 9.99. The van der Waals surface area contributed by atoms with E-state index in [2.05, 4.69) is 38.0 Å². The summed E-state index contributed by atoms with van der Waals surface area (Å²) in [6, 6.07) is 0.672. The van der Waals surface area contributed by atoms with Crippen LogP contribution in [0.3, 0.4) is 0 Å². The standard InChI is InChI=1S/C12H26N2/c1-5-11(3)12(13-4)9-14-7-6-10(2)8-14/h10-13H,5-9H2,1-4H3. The minimum Gasteiger partial charge on any atom is -0.315 e. The normalized spacial score (nSPS) is 27.9. The molecule has 0 aromatic rings. The fourth-order valence-electron chi connectivity index (χ4n) is 2.31. The monoisotopic (exact) mass is 198 g/mol. The second-order valence-electron chi connectivity index (χ2n) is 4.93. The molecule has 0 amide bonds. The number of hydrogen-bond acceptors (Lipinski definition) is 2.